The number of hydrogen-bond donors (Lipinski definition) is 1. The van der Waals surface area contributed by atoms with E-state index in [0.717, 1.165) is 37.9 Å². The fraction of sp³-hybridized carbons (Fsp3) is 0.261. The molecule has 3 heterocycles. The third-order valence-corrected chi connectivity index (χ3v) is 7.30. The van der Waals surface area contributed by atoms with Gasteiger partial charge in [-0.3, -0.25) is 4.79 Å². The molecule has 31 heavy (non-hydrogen) atoms. The van der Waals surface area contributed by atoms with Gasteiger partial charge in [0.1, 0.15) is 11.6 Å². The van der Waals surface area contributed by atoms with E-state index in [1.807, 2.05) is 63.2 Å². The molecule has 1 aliphatic heterocycles. The van der Waals surface area contributed by atoms with Crippen molar-refractivity contribution in [3.8, 4) is 10.9 Å². The maximum Gasteiger partial charge on any atom is 0.235 e. The summed E-state index contributed by atoms with van der Waals surface area (Å²) in [6, 6.07) is 16.1. The fourth-order valence-corrected chi connectivity index (χ4v) is 5.91. The Hall–Kier alpha value is -2.84. The number of carbonyl (C=O) groups excluding carboxylic acids is 1. The zero-order valence-corrected chi connectivity index (χ0v) is 19.1. The van der Waals surface area contributed by atoms with Crippen molar-refractivity contribution in [2.24, 2.45) is 0 Å². The highest BCUT2D eigenvalue weighted by Crippen LogP contribution is 2.47. The number of anilines is 1. The molecular formula is C23H22N4O2S2. The van der Waals surface area contributed by atoms with Crippen LogP contribution in [0.5, 0.6) is 5.75 Å². The quantitative estimate of drug-likeness (QED) is 0.454. The molecule has 5 rings (SSSR count). The molecule has 2 aromatic heterocycles. The standard InChI is InChI=1S/C23H22N4O2S2/c1-13(2)29-17-10-6-4-8-15(17)21-20-14(3)26-27(22(20)25-19(28)12-30-21)23-24-16-9-5-7-11-18(16)31-23/h4-11,13,21H,12H2,1-3H3,(H,25,28). The van der Waals surface area contributed by atoms with E-state index in [0.29, 0.717) is 11.6 Å². The topological polar surface area (TPSA) is 69.0 Å². The SMILES string of the molecule is Cc1nn(-c2nc3ccccc3s2)c2c1C(c1ccccc1OC(C)C)SCC(=O)N2. The molecule has 6 nitrogen and oxygen atoms in total. The number of amides is 1. The molecule has 1 N–H and O–H groups in total. The molecule has 0 spiro atoms. The van der Waals surface area contributed by atoms with Crippen molar-refractivity contribution in [2.75, 3.05) is 11.1 Å². The van der Waals surface area contributed by atoms with Crippen molar-refractivity contribution in [3.63, 3.8) is 0 Å². The van der Waals surface area contributed by atoms with Crippen LogP contribution in [-0.4, -0.2) is 32.5 Å². The molecule has 4 aromatic rings. The van der Waals surface area contributed by atoms with Crippen LogP contribution in [0.4, 0.5) is 5.82 Å². The molecule has 8 heteroatoms. The molecule has 0 fully saturated rings. The number of fused-ring (bicyclic) bond motifs is 2. The van der Waals surface area contributed by atoms with E-state index in [9.17, 15) is 4.79 Å². The smallest absolute Gasteiger partial charge is 0.235 e. The molecule has 158 valence electrons. The lowest BCUT2D eigenvalue weighted by Gasteiger charge is -2.20. The van der Waals surface area contributed by atoms with Crippen LogP contribution < -0.4 is 10.1 Å². The van der Waals surface area contributed by atoms with Gasteiger partial charge in [-0.15, -0.1) is 11.8 Å². The minimum atomic E-state index is -0.0768. The van der Waals surface area contributed by atoms with E-state index < -0.39 is 0 Å². The van der Waals surface area contributed by atoms with E-state index in [1.165, 1.54) is 0 Å². The minimum Gasteiger partial charge on any atom is -0.491 e. The summed E-state index contributed by atoms with van der Waals surface area (Å²) in [6.45, 7) is 6.02. The summed E-state index contributed by atoms with van der Waals surface area (Å²) in [5.74, 6) is 1.84. The number of aryl methyl sites for hydroxylation is 1. The van der Waals surface area contributed by atoms with Gasteiger partial charge < -0.3 is 10.1 Å². The average Bonchev–Trinajstić information content (AvgIpc) is 3.25. The van der Waals surface area contributed by atoms with Crippen LogP contribution in [0.15, 0.2) is 48.5 Å². The average molecular weight is 451 g/mol. The Labute approximate surface area is 188 Å². The molecule has 2 aromatic carbocycles. The first-order valence-corrected chi connectivity index (χ1v) is 12.0. The normalized spacial score (nSPS) is 16.3. The third-order valence-electron chi connectivity index (χ3n) is 5.04. The highest BCUT2D eigenvalue weighted by Gasteiger charge is 2.32. The molecule has 1 unspecified atom stereocenters. The maximum absolute atomic E-state index is 12.6. The van der Waals surface area contributed by atoms with Crippen molar-refractivity contribution >= 4 is 45.0 Å². The Morgan fingerprint density at radius 2 is 1.94 bits per heavy atom. The number of nitrogens with zero attached hydrogens (tertiary/aromatic N) is 3. The van der Waals surface area contributed by atoms with Gasteiger partial charge >= 0.3 is 0 Å². The van der Waals surface area contributed by atoms with Crippen molar-refractivity contribution in [1.82, 2.24) is 14.8 Å². The van der Waals surface area contributed by atoms with Crippen molar-refractivity contribution in [2.45, 2.75) is 32.1 Å². The van der Waals surface area contributed by atoms with E-state index in [2.05, 4.69) is 11.4 Å². The Balaban J connectivity index is 1.67. The second kappa shape index (κ2) is 8.01. The lowest BCUT2D eigenvalue weighted by atomic mass is 10.0. The third kappa shape index (κ3) is 3.70. The van der Waals surface area contributed by atoms with Gasteiger partial charge in [0.05, 0.1) is 33.0 Å². The summed E-state index contributed by atoms with van der Waals surface area (Å²) in [6.07, 6.45) is 0.0581. The van der Waals surface area contributed by atoms with Crippen LogP contribution in [0.3, 0.4) is 0 Å². The molecule has 0 saturated carbocycles. The Morgan fingerprint density at radius 3 is 2.74 bits per heavy atom. The molecule has 0 saturated heterocycles. The van der Waals surface area contributed by atoms with Gasteiger partial charge in [0, 0.05) is 11.1 Å². The van der Waals surface area contributed by atoms with Crippen LogP contribution in [0, 0.1) is 6.92 Å². The minimum absolute atomic E-state index is 0.0433. The van der Waals surface area contributed by atoms with Crippen molar-refractivity contribution in [3.05, 3.63) is 65.4 Å². The predicted molar refractivity (Wildman–Crippen MR) is 127 cm³/mol. The summed E-state index contributed by atoms with van der Waals surface area (Å²) in [5, 5.41) is 8.54. The number of ether oxygens (including phenoxy) is 1. The fourth-order valence-electron chi connectivity index (χ4n) is 3.78. The zero-order chi connectivity index (χ0) is 21.5. The molecule has 1 atom stereocenters. The molecule has 0 radical (unpaired) electrons. The molecule has 1 amide bonds. The highest BCUT2D eigenvalue weighted by molar-refractivity contribution is 8.00. The summed E-state index contributed by atoms with van der Waals surface area (Å²) >= 11 is 3.15. The monoisotopic (exact) mass is 450 g/mol. The van der Waals surface area contributed by atoms with Crippen LogP contribution in [0.25, 0.3) is 15.3 Å². The number of thioether (sulfide) groups is 1. The van der Waals surface area contributed by atoms with E-state index in [4.69, 9.17) is 14.8 Å². The van der Waals surface area contributed by atoms with Crippen LogP contribution in [0.1, 0.15) is 35.9 Å². The van der Waals surface area contributed by atoms with Crippen molar-refractivity contribution < 1.29 is 9.53 Å². The van der Waals surface area contributed by atoms with E-state index >= 15 is 0 Å². The van der Waals surface area contributed by atoms with Gasteiger partial charge in [0.2, 0.25) is 11.0 Å². The van der Waals surface area contributed by atoms with Gasteiger partial charge in [-0.2, -0.15) is 9.78 Å². The van der Waals surface area contributed by atoms with Crippen molar-refractivity contribution in [1.29, 1.82) is 0 Å². The summed E-state index contributed by atoms with van der Waals surface area (Å²) in [4.78, 5) is 17.4. The Kier molecular flexibility index (Phi) is 5.19. The van der Waals surface area contributed by atoms with Gasteiger partial charge in [-0.25, -0.2) is 4.98 Å². The summed E-state index contributed by atoms with van der Waals surface area (Å²) < 4.78 is 8.96. The summed E-state index contributed by atoms with van der Waals surface area (Å²) in [5.41, 5.74) is 3.83. The number of carbonyl (C=O) groups is 1. The number of benzene rings is 2. The van der Waals surface area contributed by atoms with Crippen LogP contribution in [0.2, 0.25) is 0 Å². The molecule has 0 aliphatic carbocycles. The number of thiazole rings is 1. The first-order valence-electron chi connectivity index (χ1n) is 10.1. The first-order chi connectivity index (χ1) is 15.0. The Bertz CT molecular complexity index is 1240. The second-order valence-corrected chi connectivity index (χ2v) is 9.77. The number of hydrogen-bond acceptors (Lipinski definition) is 6. The number of rotatable bonds is 4. The lowest BCUT2D eigenvalue weighted by molar-refractivity contribution is -0.113. The van der Waals surface area contributed by atoms with E-state index in [-0.39, 0.29) is 17.3 Å². The van der Waals surface area contributed by atoms with Gasteiger partial charge in [-0.05, 0) is 39.0 Å². The van der Waals surface area contributed by atoms with E-state index in [1.54, 1.807) is 27.8 Å². The molecule has 1 aliphatic rings. The number of para-hydroxylation sites is 2. The Morgan fingerprint density at radius 1 is 1.16 bits per heavy atom. The van der Waals surface area contributed by atoms with Gasteiger partial charge in [0.25, 0.3) is 0 Å². The number of aromatic nitrogens is 3. The summed E-state index contributed by atoms with van der Waals surface area (Å²) in [7, 11) is 0. The highest BCUT2D eigenvalue weighted by atomic mass is 32.2. The largest absolute Gasteiger partial charge is 0.491 e. The van der Waals surface area contributed by atoms with Crippen LogP contribution in [-0.2, 0) is 4.79 Å². The van der Waals surface area contributed by atoms with Gasteiger partial charge in [-0.1, -0.05) is 41.7 Å². The maximum atomic E-state index is 12.6. The first kappa shape index (κ1) is 20.1. The molecule has 0 bridgehead atoms. The van der Waals surface area contributed by atoms with Gasteiger partial charge in [0.15, 0.2) is 0 Å². The second-order valence-electron chi connectivity index (χ2n) is 7.67. The number of nitrogens with one attached hydrogen (secondary N) is 1. The molecular weight excluding hydrogens is 428 g/mol. The zero-order valence-electron chi connectivity index (χ0n) is 17.5. The lowest BCUT2D eigenvalue weighted by Crippen LogP contribution is -2.15. The van der Waals surface area contributed by atoms with Crippen LogP contribution >= 0.6 is 23.1 Å². The predicted octanol–water partition coefficient (Wildman–Crippen LogP) is 5.35.